The van der Waals surface area contributed by atoms with Crippen LogP contribution in [-0.4, -0.2) is 68.5 Å². The van der Waals surface area contributed by atoms with Gasteiger partial charge in [0.25, 0.3) is 7.82 Å². The zero-order chi connectivity index (χ0) is 51.3. The first kappa shape index (κ1) is 69.2. The van der Waals surface area contributed by atoms with E-state index in [2.05, 4.69) is 19.2 Å². The number of aliphatic hydroxyl groups excluding tert-OH is 1. The van der Waals surface area contributed by atoms with Crippen molar-refractivity contribution in [3.05, 3.63) is 12.2 Å². The summed E-state index contributed by atoms with van der Waals surface area (Å²) in [6.07, 6.45) is 66.0. The van der Waals surface area contributed by atoms with E-state index in [1.165, 1.54) is 263 Å². The Morgan fingerprint density at radius 2 is 0.771 bits per heavy atom. The third-order valence-electron chi connectivity index (χ3n) is 14.5. The van der Waals surface area contributed by atoms with Gasteiger partial charge in [0, 0.05) is 6.42 Å². The maximum absolute atomic E-state index is 13.0. The first-order chi connectivity index (χ1) is 34.0. The molecule has 0 saturated carbocycles. The van der Waals surface area contributed by atoms with E-state index in [0.29, 0.717) is 17.4 Å². The molecule has 1 amide bonds. The molecule has 0 rings (SSSR count). The molecular weight excluding hydrogens is 888 g/mol. The van der Waals surface area contributed by atoms with Crippen LogP contribution in [0.4, 0.5) is 0 Å². The quantitative estimate of drug-likeness (QED) is 0.0272. The van der Waals surface area contributed by atoms with Gasteiger partial charge >= 0.3 is 0 Å². The number of rotatable bonds is 58. The number of nitrogens with one attached hydrogen (secondary N) is 1. The van der Waals surface area contributed by atoms with Crippen molar-refractivity contribution in [1.82, 2.24) is 5.32 Å². The van der Waals surface area contributed by atoms with Crippen molar-refractivity contribution in [2.45, 2.75) is 334 Å². The number of amides is 1. The van der Waals surface area contributed by atoms with E-state index in [1.807, 2.05) is 27.2 Å². The first-order valence-electron chi connectivity index (χ1n) is 31.1. The molecule has 3 atom stereocenters. The van der Waals surface area contributed by atoms with Crippen LogP contribution >= 0.6 is 7.82 Å². The summed E-state index contributed by atoms with van der Waals surface area (Å²) < 4.78 is 23.4. The van der Waals surface area contributed by atoms with Crippen molar-refractivity contribution in [2.24, 2.45) is 0 Å². The van der Waals surface area contributed by atoms with Crippen molar-refractivity contribution in [3.63, 3.8) is 0 Å². The normalized spacial score (nSPS) is 13.9. The monoisotopic (exact) mass is 1010 g/mol. The van der Waals surface area contributed by atoms with Gasteiger partial charge in [-0.15, -0.1) is 0 Å². The Morgan fingerprint density at radius 1 is 0.486 bits per heavy atom. The lowest BCUT2D eigenvalue weighted by Gasteiger charge is -2.29. The Bertz CT molecular complexity index is 1150. The molecule has 2 N–H and O–H groups in total. The summed E-state index contributed by atoms with van der Waals surface area (Å²) in [7, 11) is 1.28. The standard InChI is InChI=1S/C61H123N2O6P/c1-6-8-10-12-14-16-18-20-22-24-25-26-27-28-29-30-31-32-33-34-35-36-37-38-39-41-43-45-47-49-51-53-55-61(65)62-59(58-69-70(66,67)68-57-56-63(3,4)5)60(64)54-52-50-48-46-44-42-40-23-21-19-17-15-13-11-9-7-2/h52,54,59-60,64H,6-51,53,55-58H2,1-5H3,(H-,62,65,66,67)/b54-52+. The van der Waals surface area contributed by atoms with E-state index >= 15 is 0 Å². The van der Waals surface area contributed by atoms with Crippen LogP contribution in [0, 0.1) is 0 Å². The Balaban J connectivity index is 3.99. The van der Waals surface area contributed by atoms with E-state index < -0.39 is 20.0 Å². The molecule has 0 fully saturated rings. The molecule has 0 aliphatic rings. The SMILES string of the molecule is CCCCCCCCCCCCCCCC/C=C/C(O)C(COP(=O)([O-])OCC[N+](C)(C)C)NC(=O)CCCCCCCCCCCCCCCCCCCCCCCCCCCCCCCCCC. The number of likely N-dealkylation sites (N-methyl/N-ethyl adjacent to an activating group) is 1. The molecule has 70 heavy (non-hydrogen) atoms. The van der Waals surface area contributed by atoms with Crippen LogP contribution in [-0.2, 0) is 18.4 Å². The third-order valence-corrected chi connectivity index (χ3v) is 15.5. The lowest BCUT2D eigenvalue weighted by atomic mass is 10.0. The van der Waals surface area contributed by atoms with Crippen molar-refractivity contribution >= 4 is 13.7 Å². The number of hydrogen-bond acceptors (Lipinski definition) is 6. The number of hydrogen-bond donors (Lipinski definition) is 2. The predicted octanol–water partition coefficient (Wildman–Crippen LogP) is 18.4. The molecule has 0 aromatic carbocycles. The molecule has 0 aliphatic carbocycles. The smallest absolute Gasteiger partial charge is 0.268 e. The number of allylic oxidation sites excluding steroid dienone is 1. The molecule has 0 heterocycles. The number of nitrogens with zero attached hydrogens (tertiary/aromatic N) is 1. The Morgan fingerprint density at radius 3 is 1.07 bits per heavy atom. The summed E-state index contributed by atoms with van der Waals surface area (Å²) in [6, 6.07) is -0.882. The summed E-state index contributed by atoms with van der Waals surface area (Å²) in [5.74, 6) is -0.190. The van der Waals surface area contributed by atoms with Gasteiger partial charge in [0.15, 0.2) is 0 Å². The van der Waals surface area contributed by atoms with Crippen molar-refractivity contribution in [3.8, 4) is 0 Å². The zero-order valence-corrected chi connectivity index (χ0v) is 48.6. The fourth-order valence-electron chi connectivity index (χ4n) is 9.63. The number of phosphoric acid groups is 1. The van der Waals surface area contributed by atoms with E-state index in [-0.39, 0.29) is 19.1 Å². The summed E-state index contributed by atoms with van der Waals surface area (Å²) in [6.45, 7) is 4.70. The molecule has 418 valence electrons. The predicted molar refractivity (Wildman–Crippen MR) is 302 cm³/mol. The van der Waals surface area contributed by atoms with Crippen LogP contribution in [0.25, 0.3) is 0 Å². The summed E-state index contributed by atoms with van der Waals surface area (Å²) >= 11 is 0. The van der Waals surface area contributed by atoms with Gasteiger partial charge in [0.05, 0.1) is 39.9 Å². The van der Waals surface area contributed by atoms with Crippen LogP contribution in [0.15, 0.2) is 12.2 Å². The lowest BCUT2D eigenvalue weighted by Crippen LogP contribution is -2.45. The molecule has 0 saturated heterocycles. The van der Waals surface area contributed by atoms with Gasteiger partial charge in [0.1, 0.15) is 13.2 Å². The van der Waals surface area contributed by atoms with Crippen molar-refractivity contribution in [1.29, 1.82) is 0 Å². The molecule has 3 unspecified atom stereocenters. The lowest BCUT2D eigenvalue weighted by molar-refractivity contribution is -0.870. The third kappa shape index (κ3) is 55.0. The number of unbranched alkanes of at least 4 members (excludes halogenated alkanes) is 45. The molecule has 0 aromatic heterocycles. The van der Waals surface area contributed by atoms with Crippen LogP contribution < -0.4 is 10.2 Å². The van der Waals surface area contributed by atoms with Gasteiger partial charge in [-0.1, -0.05) is 309 Å². The minimum Gasteiger partial charge on any atom is -0.756 e. The van der Waals surface area contributed by atoms with Gasteiger partial charge in [-0.05, 0) is 19.3 Å². The zero-order valence-electron chi connectivity index (χ0n) is 47.8. The Kier molecular flexibility index (Phi) is 52.5. The van der Waals surface area contributed by atoms with Crippen LogP contribution in [0.1, 0.15) is 322 Å². The molecular formula is C61H123N2O6P. The Labute approximate surface area is 437 Å². The number of carbonyl (C=O) groups excluding carboxylic acids is 1. The van der Waals surface area contributed by atoms with Crippen molar-refractivity contribution < 1.29 is 32.9 Å². The average molecular weight is 1010 g/mol. The molecule has 0 aromatic rings. The second kappa shape index (κ2) is 53.1. The van der Waals surface area contributed by atoms with Gasteiger partial charge in [-0.3, -0.25) is 9.36 Å². The van der Waals surface area contributed by atoms with Crippen LogP contribution in [0.2, 0.25) is 0 Å². The number of quaternary nitrogens is 1. The van der Waals surface area contributed by atoms with E-state index in [9.17, 15) is 19.4 Å². The van der Waals surface area contributed by atoms with Gasteiger partial charge in [-0.25, -0.2) is 0 Å². The highest BCUT2D eigenvalue weighted by molar-refractivity contribution is 7.45. The largest absolute Gasteiger partial charge is 0.756 e. The van der Waals surface area contributed by atoms with E-state index in [1.54, 1.807) is 6.08 Å². The maximum atomic E-state index is 13.0. The van der Waals surface area contributed by atoms with E-state index in [0.717, 1.165) is 38.5 Å². The van der Waals surface area contributed by atoms with Crippen LogP contribution in [0.5, 0.6) is 0 Å². The molecule has 0 aliphatic heterocycles. The molecule has 0 radical (unpaired) electrons. The molecule has 0 bridgehead atoms. The topological polar surface area (TPSA) is 108 Å². The number of carbonyl (C=O) groups is 1. The fourth-order valence-corrected chi connectivity index (χ4v) is 10.4. The number of phosphoric ester groups is 1. The van der Waals surface area contributed by atoms with Crippen molar-refractivity contribution in [2.75, 3.05) is 40.9 Å². The van der Waals surface area contributed by atoms with Crippen LogP contribution in [0.3, 0.4) is 0 Å². The fraction of sp³-hybridized carbons (Fsp3) is 0.951. The highest BCUT2D eigenvalue weighted by atomic mass is 31.2. The minimum absolute atomic E-state index is 0.00265. The summed E-state index contributed by atoms with van der Waals surface area (Å²) in [5, 5.41) is 13.9. The van der Waals surface area contributed by atoms with Gasteiger partial charge < -0.3 is 28.8 Å². The molecule has 8 nitrogen and oxygen atoms in total. The average Bonchev–Trinajstić information content (AvgIpc) is 3.32. The molecule has 9 heteroatoms. The Hall–Kier alpha value is -0.760. The van der Waals surface area contributed by atoms with Gasteiger partial charge in [0.2, 0.25) is 5.91 Å². The summed E-state index contributed by atoms with van der Waals surface area (Å²) in [5.41, 5.74) is 0. The maximum Gasteiger partial charge on any atom is 0.268 e. The first-order valence-corrected chi connectivity index (χ1v) is 32.5. The highest BCUT2D eigenvalue weighted by Gasteiger charge is 2.23. The second-order valence-electron chi connectivity index (χ2n) is 22.8. The number of aliphatic hydroxyl groups is 1. The summed E-state index contributed by atoms with van der Waals surface area (Å²) in [4.78, 5) is 25.5. The van der Waals surface area contributed by atoms with Gasteiger partial charge in [-0.2, -0.15) is 0 Å². The molecule has 0 spiro atoms. The minimum atomic E-state index is -4.59. The second-order valence-corrected chi connectivity index (χ2v) is 24.2. The highest BCUT2D eigenvalue weighted by Crippen LogP contribution is 2.38. The van der Waals surface area contributed by atoms with E-state index in [4.69, 9.17) is 9.05 Å².